The first kappa shape index (κ1) is 27.9. The Kier molecular flexibility index (Phi) is 7.94. The van der Waals surface area contributed by atoms with Crippen LogP contribution in [0.15, 0.2) is 176 Å². The molecule has 7 aromatic carbocycles. The highest BCUT2D eigenvalue weighted by atomic mass is 15.1. The quantitative estimate of drug-likeness (QED) is 0.166. The van der Waals surface area contributed by atoms with E-state index in [1.165, 1.54) is 22.0 Å². The van der Waals surface area contributed by atoms with Crippen LogP contribution in [0.5, 0.6) is 0 Å². The zero-order valence-electron chi connectivity index (χ0n) is 25.3. The van der Waals surface area contributed by atoms with Crippen molar-refractivity contribution in [1.29, 1.82) is 0 Å². The molecule has 0 aliphatic carbocycles. The molecule has 0 saturated carbocycles. The third kappa shape index (κ3) is 6.13. The molecular formula is C43H34N2. The van der Waals surface area contributed by atoms with Gasteiger partial charge in [-0.1, -0.05) is 127 Å². The van der Waals surface area contributed by atoms with Crippen molar-refractivity contribution < 1.29 is 0 Å². The summed E-state index contributed by atoms with van der Waals surface area (Å²) in [5, 5.41) is 2.46. The first-order valence-corrected chi connectivity index (χ1v) is 15.4. The Bertz CT molecular complexity index is 1980. The zero-order chi connectivity index (χ0) is 30.4. The number of fused-ring (bicyclic) bond motifs is 1. The van der Waals surface area contributed by atoms with E-state index in [2.05, 4.69) is 205 Å². The van der Waals surface area contributed by atoms with Crippen LogP contribution in [-0.4, -0.2) is 0 Å². The van der Waals surface area contributed by atoms with Gasteiger partial charge in [-0.2, -0.15) is 0 Å². The maximum atomic E-state index is 2.35. The van der Waals surface area contributed by atoms with Crippen LogP contribution < -0.4 is 9.80 Å². The summed E-state index contributed by atoms with van der Waals surface area (Å²) in [6.45, 7) is 2.13. The van der Waals surface area contributed by atoms with Crippen LogP contribution in [0.1, 0.15) is 16.7 Å². The standard InChI is InChI=1S/C43H34N2/c1-33-19-27-40(28-20-33)45(43-18-10-12-36-11-8-9-17-42(36)43)41-31-25-35(26-32-41)22-21-34-23-29-39(30-24-34)44(37-13-4-2-5-14-37)38-15-6-3-7-16-38/h2-32H,1H3/b22-21+. The number of anilines is 6. The van der Waals surface area contributed by atoms with E-state index in [1.54, 1.807) is 0 Å². The van der Waals surface area contributed by atoms with Gasteiger partial charge in [0.25, 0.3) is 0 Å². The average molecular weight is 579 g/mol. The lowest BCUT2D eigenvalue weighted by atomic mass is 10.1. The van der Waals surface area contributed by atoms with E-state index >= 15 is 0 Å². The van der Waals surface area contributed by atoms with E-state index < -0.39 is 0 Å². The fourth-order valence-electron chi connectivity index (χ4n) is 5.79. The number of aryl methyl sites for hydroxylation is 1. The lowest BCUT2D eigenvalue weighted by molar-refractivity contribution is 1.28. The van der Waals surface area contributed by atoms with E-state index in [4.69, 9.17) is 0 Å². The van der Waals surface area contributed by atoms with Crippen LogP contribution in [0.3, 0.4) is 0 Å². The molecule has 0 spiro atoms. The van der Waals surface area contributed by atoms with Gasteiger partial charge in [-0.3, -0.25) is 0 Å². The van der Waals surface area contributed by atoms with E-state index in [1.807, 2.05) is 0 Å². The first-order chi connectivity index (χ1) is 22.2. The second-order valence-electron chi connectivity index (χ2n) is 11.2. The maximum Gasteiger partial charge on any atom is 0.0540 e. The molecule has 2 nitrogen and oxygen atoms in total. The van der Waals surface area contributed by atoms with Crippen LogP contribution in [0.2, 0.25) is 0 Å². The fraction of sp³-hybridized carbons (Fsp3) is 0.0233. The van der Waals surface area contributed by atoms with Gasteiger partial charge in [-0.05, 0) is 90.2 Å². The fourth-order valence-corrected chi connectivity index (χ4v) is 5.79. The Morgan fingerprint density at radius 3 is 1.33 bits per heavy atom. The molecule has 7 rings (SSSR count). The molecule has 7 aromatic rings. The molecule has 0 saturated heterocycles. The number of rotatable bonds is 8. The van der Waals surface area contributed by atoms with Gasteiger partial charge in [-0.25, -0.2) is 0 Å². The molecule has 0 radical (unpaired) electrons. The van der Waals surface area contributed by atoms with Crippen LogP contribution in [0.4, 0.5) is 34.1 Å². The molecule has 0 aliphatic heterocycles. The smallest absolute Gasteiger partial charge is 0.0540 e. The average Bonchev–Trinajstić information content (AvgIpc) is 3.11. The molecule has 216 valence electrons. The number of para-hydroxylation sites is 2. The summed E-state index contributed by atoms with van der Waals surface area (Å²) in [5.74, 6) is 0. The summed E-state index contributed by atoms with van der Waals surface area (Å²) < 4.78 is 0. The van der Waals surface area contributed by atoms with E-state index in [9.17, 15) is 0 Å². The van der Waals surface area contributed by atoms with Crippen LogP contribution in [0.25, 0.3) is 22.9 Å². The molecule has 0 fully saturated rings. The monoisotopic (exact) mass is 578 g/mol. The summed E-state index contributed by atoms with van der Waals surface area (Å²) in [5.41, 5.74) is 10.4. The summed E-state index contributed by atoms with van der Waals surface area (Å²) >= 11 is 0. The number of nitrogens with zero attached hydrogens (tertiary/aromatic N) is 2. The number of hydrogen-bond acceptors (Lipinski definition) is 2. The van der Waals surface area contributed by atoms with Crippen molar-refractivity contribution in [1.82, 2.24) is 0 Å². The van der Waals surface area contributed by atoms with Gasteiger partial charge in [0.1, 0.15) is 0 Å². The van der Waals surface area contributed by atoms with E-state index in [0.29, 0.717) is 0 Å². The summed E-state index contributed by atoms with van der Waals surface area (Å²) in [4.78, 5) is 4.63. The third-order valence-electron chi connectivity index (χ3n) is 8.10. The SMILES string of the molecule is Cc1ccc(N(c2ccc(/C=C/c3ccc(N(c4ccccc4)c4ccccc4)cc3)cc2)c2cccc3ccccc23)cc1. The molecule has 0 N–H and O–H groups in total. The van der Waals surface area contributed by atoms with Crippen molar-refractivity contribution in [3.8, 4) is 0 Å². The van der Waals surface area contributed by atoms with E-state index in [0.717, 1.165) is 39.6 Å². The van der Waals surface area contributed by atoms with Crippen molar-refractivity contribution in [2.24, 2.45) is 0 Å². The largest absolute Gasteiger partial charge is 0.311 e. The van der Waals surface area contributed by atoms with Crippen LogP contribution in [-0.2, 0) is 0 Å². The molecule has 0 aromatic heterocycles. The minimum Gasteiger partial charge on any atom is -0.311 e. The summed E-state index contributed by atoms with van der Waals surface area (Å²) in [7, 11) is 0. The van der Waals surface area contributed by atoms with Crippen molar-refractivity contribution in [3.63, 3.8) is 0 Å². The normalized spacial score (nSPS) is 11.1. The van der Waals surface area contributed by atoms with Gasteiger partial charge in [0, 0.05) is 33.8 Å². The Morgan fingerprint density at radius 1 is 0.356 bits per heavy atom. The van der Waals surface area contributed by atoms with Crippen molar-refractivity contribution in [2.75, 3.05) is 9.80 Å². The number of benzene rings is 7. The predicted octanol–water partition coefficient (Wildman–Crippen LogP) is 12.3. The molecule has 0 bridgehead atoms. The second kappa shape index (κ2) is 12.8. The van der Waals surface area contributed by atoms with E-state index in [-0.39, 0.29) is 0 Å². The Hall–Kier alpha value is -5.86. The van der Waals surface area contributed by atoms with Gasteiger partial charge >= 0.3 is 0 Å². The Balaban J connectivity index is 1.16. The maximum absolute atomic E-state index is 2.35. The highest BCUT2D eigenvalue weighted by molar-refractivity contribution is 5.99. The molecule has 0 heterocycles. The van der Waals surface area contributed by atoms with Gasteiger partial charge in [0.2, 0.25) is 0 Å². The highest BCUT2D eigenvalue weighted by Gasteiger charge is 2.15. The lowest BCUT2D eigenvalue weighted by Crippen LogP contribution is -2.10. The molecule has 2 heteroatoms. The second-order valence-corrected chi connectivity index (χ2v) is 11.2. The van der Waals surface area contributed by atoms with Gasteiger partial charge in [-0.15, -0.1) is 0 Å². The van der Waals surface area contributed by atoms with Crippen molar-refractivity contribution >= 4 is 57.0 Å². The summed E-state index contributed by atoms with van der Waals surface area (Å²) in [6.07, 6.45) is 4.36. The molecule has 0 atom stereocenters. The molecule has 45 heavy (non-hydrogen) atoms. The Morgan fingerprint density at radius 2 is 0.778 bits per heavy atom. The molecule has 0 unspecified atom stereocenters. The molecular weight excluding hydrogens is 544 g/mol. The minimum absolute atomic E-state index is 1.12. The van der Waals surface area contributed by atoms with Crippen LogP contribution >= 0.6 is 0 Å². The predicted molar refractivity (Wildman–Crippen MR) is 193 cm³/mol. The van der Waals surface area contributed by atoms with Crippen molar-refractivity contribution in [2.45, 2.75) is 6.92 Å². The van der Waals surface area contributed by atoms with Gasteiger partial charge < -0.3 is 9.80 Å². The topological polar surface area (TPSA) is 6.48 Å². The number of hydrogen-bond donors (Lipinski definition) is 0. The van der Waals surface area contributed by atoms with Gasteiger partial charge in [0.15, 0.2) is 0 Å². The summed E-state index contributed by atoms with van der Waals surface area (Å²) in [6, 6.07) is 62.4. The highest BCUT2D eigenvalue weighted by Crippen LogP contribution is 2.39. The Labute approximate surface area is 265 Å². The molecule has 0 aliphatic rings. The zero-order valence-corrected chi connectivity index (χ0v) is 25.3. The third-order valence-corrected chi connectivity index (χ3v) is 8.10. The first-order valence-electron chi connectivity index (χ1n) is 15.4. The van der Waals surface area contributed by atoms with Gasteiger partial charge in [0.05, 0.1) is 5.69 Å². The molecule has 0 amide bonds. The lowest BCUT2D eigenvalue weighted by Gasteiger charge is -2.27. The minimum atomic E-state index is 1.12. The van der Waals surface area contributed by atoms with Crippen LogP contribution in [0, 0.1) is 6.92 Å². The van der Waals surface area contributed by atoms with Crippen molar-refractivity contribution in [3.05, 3.63) is 193 Å².